The molecule has 0 N–H and O–H groups in total. The number of hydrogen-bond acceptors (Lipinski definition) is 1. The van der Waals surface area contributed by atoms with Gasteiger partial charge in [0.15, 0.2) is 0 Å². The molecule has 2 bridgehead atoms. The average Bonchev–Trinajstić information content (AvgIpc) is 3.13. The van der Waals surface area contributed by atoms with Gasteiger partial charge in [0.05, 0.1) is 16.4 Å². The SMILES string of the molecule is CC(Cl)c1nc2ccccc2n1CC1CC2CCC1C2. The van der Waals surface area contributed by atoms with Crippen molar-refractivity contribution in [2.45, 2.75) is 44.5 Å². The molecule has 2 fully saturated rings. The third kappa shape index (κ3) is 1.96. The summed E-state index contributed by atoms with van der Waals surface area (Å²) in [6.45, 7) is 3.13. The molecule has 2 aromatic rings. The summed E-state index contributed by atoms with van der Waals surface area (Å²) >= 11 is 6.36. The second kappa shape index (κ2) is 4.77. The van der Waals surface area contributed by atoms with E-state index < -0.39 is 0 Å². The first-order chi connectivity index (χ1) is 9.72. The third-order valence-electron chi connectivity index (χ3n) is 5.34. The smallest absolute Gasteiger partial charge is 0.127 e. The van der Waals surface area contributed by atoms with Gasteiger partial charge in [-0.15, -0.1) is 11.6 Å². The number of fused-ring (bicyclic) bond motifs is 3. The first kappa shape index (κ1) is 12.7. The lowest BCUT2D eigenvalue weighted by molar-refractivity contribution is 0.295. The van der Waals surface area contributed by atoms with E-state index in [2.05, 4.69) is 28.8 Å². The fourth-order valence-electron chi connectivity index (χ4n) is 4.42. The van der Waals surface area contributed by atoms with Crippen LogP contribution in [0.15, 0.2) is 24.3 Å². The van der Waals surface area contributed by atoms with Crippen LogP contribution >= 0.6 is 11.6 Å². The van der Waals surface area contributed by atoms with Crippen molar-refractivity contribution < 1.29 is 0 Å². The van der Waals surface area contributed by atoms with Gasteiger partial charge in [-0.3, -0.25) is 0 Å². The highest BCUT2D eigenvalue weighted by Crippen LogP contribution is 2.49. The maximum Gasteiger partial charge on any atom is 0.127 e. The van der Waals surface area contributed by atoms with E-state index in [1.807, 2.05) is 6.92 Å². The summed E-state index contributed by atoms with van der Waals surface area (Å²) in [5.41, 5.74) is 2.33. The molecule has 20 heavy (non-hydrogen) atoms. The van der Waals surface area contributed by atoms with Crippen LogP contribution in [0.4, 0.5) is 0 Å². The van der Waals surface area contributed by atoms with Crippen LogP contribution in [0.2, 0.25) is 0 Å². The summed E-state index contributed by atoms with van der Waals surface area (Å²) in [5.74, 6) is 3.81. The topological polar surface area (TPSA) is 17.8 Å². The Bertz CT molecular complexity index is 631. The summed E-state index contributed by atoms with van der Waals surface area (Å²) in [5, 5.41) is -0.0269. The van der Waals surface area contributed by atoms with E-state index in [9.17, 15) is 0 Å². The van der Waals surface area contributed by atoms with Crippen LogP contribution in [0, 0.1) is 17.8 Å². The summed E-state index contributed by atoms with van der Waals surface area (Å²) in [7, 11) is 0. The van der Waals surface area contributed by atoms with Gasteiger partial charge in [0, 0.05) is 6.54 Å². The summed E-state index contributed by atoms with van der Waals surface area (Å²) in [4.78, 5) is 4.75. The van der Waals surface area contributed by atoms with Gasteiger partial charge in [-0.05, 0) is 56.1 Å². The molecule has 2 nitrogen and oxygen atoms in total. The van der Waals surface area contributed by atoms with Crippen molar-refractivity contribution in [1.29, 1.82) is 0 Å². The van der Waals surface area contributed by atoms with E-state index in [0.29, 0.717) is 0 Å². The molecule has 4 unspecified atom stereocenters. The van der Waals surface area contributed by atoms with Gasteiger partial charge in [-0.1, -0.05) is 18.6 Å². The summed E-state index contributed by atoms with van der Waals surface area (Å²) in [6, 6.07) is 8.43. The number of aromatic nitrogens is 2. The molecule has 2 saturated carbocycles. The molecule has 106 valence electrons. The van der Waals surface area contributed by atoms with E-state index in [4.69, 9.17) is 16.6 Å². The monoisotopic (exact) mass is 288 g/mol. The molecular formula is C17H21ClN2. The minimum Gasteiger partial charge on any atom is -0.326 e. The van der Waals surface area contributed by atoms with Crippen LogP contribution in [-0.2, 0) is 6.54 Å². The second-order valence-electron chi connectivity index (χ2n) is 6.62. The van der Waals surface area contributed by atoms with Gasteiger partial charge in [0.1, 0.15) is 5.82 Å². The fraction of sp³-hybridized carbons (Fsp3) is 0.588. The highest BCUT2D eigenvalue weighted by Gasteiger charge is 2.39. The van der Waals surface area contributed by atoms with Crippen LogP contribution in [0.3, 0.4) is 0 Å². The zero-order chi connectivity index (χ0) is 13.7. The predicted molar refractivity (Wildman–Crippen MR) is 82.9 cm³/mol. The summed E-state index contributed by atoms with van der Waals surface area (Å²) in [6.07, 6.45) is 5.77. The Morgan fingerprint density at radius 1 is 1.30 bits per heavy atom. The quantitative estimate of drug-likeness (QED) is 0.744. The van der Waals surface area contributed by atoms with Crippen molar-refractivity contribution in [3.05, 3.63) is 30.1 Å². The van der Waals surface area contributed by atoms with Crippen molar-refractivity contribution in [2.75, 3.05) is 0 Å². The van der Waals surface area contributed by atoms with Gasteiger partial charge >= 0.3 is 0 Å². The van der Waals surface area contributed by atoms with Gasteiger partial charge < -0.3 is 4.57 Å². The number of rotatable bonds is 3. The van der Waals surface area contributed by atoms with Crippen molar-refractivity contribution in [1.82, 2.24) is 9.55 Å². The van der Waals surface area contributed by atoms with E-state index in [1.165, 1.54) is 31.2 Å². The van der Waals surface area contributed by atoms with Crippen molar-refractivity contribution >= 4 is 22.6 Å². The maximum absolute atomic E-state index is 6.36. The molecule has 0 amide bonds. The number of alkyl halides is 1. The molecular weight excluding hydrogens is 268 g/mol. The number of nitrogens with zero attached hydrogens (tertiary/aromatic N) is 2. The molecule has 1 aromatic carbocycles. The first-order valence-corrected chi connectivity index (χ1v) is 8.25. The van der Waals surface area contributed by atoms with Gasteiger partial charge in [0.2, 0.25) is 0 Å². The Balaban J connectivity index is 1.72. The van der Waals surface area contributed by atoms with E-state index >= 15 is 0 Å². The van der Waals surface area contributed by atoms with Crippen molar-refractivity contribution in [3.8, 4) is 0 Å². The van der Waals surface area contributed by atoms with Crippen molar-refractivity contribution in [3.63, 3.8) is 0 Å². The number of hydrogen-bond donors (Lipinski definition) is 0. The van der Waals surface area contributed by atoms with Crippen LogP contribution in [0.5, 0.6) is 0 Å². The molecule has 2 aliphatic carbocycles. The number of halogens is 1. The van der Waals surface area contributed by atoms with E-state index in [1.54, 1.807) is 0 Å². The van der Waals surface area contributed by atoms with Gasteiger partial charge in [0.25, 0.3) is 0 Å². The molecule has 0 aliphatic heterocycles. The van der Waals surface area contributed by atoms with Crippen molar-refractivity contribution in [2.24, 2.45) is 17.8 Å². The molecule has 1 heterocycles. The number of para-hydroxylation sites is 2. The minimum absolute atomic E-state index is 0.0269. The zero-order valence-corrected chi connectivity index (χ0v) is 12.7. The van der Waals surface area contributed by atoms with Crippen LogP contribution in [0.25, 0.3) is 11.0 Å². The Hall–Kier alpha value is -1.02. The minimum atomic E-state index is -0.0269. The van der Waals surface area contributed by atoms with E-state index in [0.717, 1.165) is 35.6 Å². The fourth-order valence-corrected chi connectivity index (χ4v) is 4.59. The predicted octanol–water partition coefficient (Wildman–Crippen LogP) is 4.77. The largest absolute Gasteiger partial charge is 0.326 e. The average molecular weight is 289 g/mol. The third-order valence-corrected chi connectivity index (χ3v) is 5.54. The lowest BCUT2D eigenvalue weighted by atomic mass is 9.88. The van der Waals surface area contributed by atoms with Crippen LogP contribution in [0.1, 0.15) is 43.8 Å². The molecule has 4 atom stereocenters. The molecule has 0 spiro atoms. The highest BCUT2D eigenvalue weighted by atomic mass is 35.5. The molecule has 3 heteroatoms. The first-order valence-electron chi connectivity index (χ1n) is 7.81. The highest BCUT2D eigenvalue weighted by molar-refractivity contribution is 6.20. The Kier molecular flexibility index (Phi) is 3.03. The second-order valence-corrected chi connectivity index (χ2v) is 7.27. The lowest BCUT2D eigenvalue weighted by Gasteiger charge is -2.23. The number of imidazole rings is 1. The molecule has 4 rings (SSSR count). The number of benzene rings is 1. The van der Waals surface area contributed by atoms with Gasteiger partial charge in [-0.2, -0.15) is 0 Å². The molecule has 0 radical (unpaired) electrons. The zero-order valence-electron chi connectivity index (χ0n) is 11.9. The van der Waals surface area contributed by atoms with E-state index in [-0.39, 0.29) is 5.38 Å². The molecule has 1 aromatic heterocycles. The summed E-state index contributed by atoms with van der Waals surface area (Å²) < 4.78 is 2.39. The Morgan fingerprint density at radius 3 is 2.85 bits per heavy atom. The standard InChI is InChI=1S/C17H21ClN2/c1-11(18)17-19-15-4-2-3-5-16(15)20(17)10-14-9-12-6-7-13(14)8-12/h2-5,11-14H,6-10H2,1H3. The lowest BCUT2D eigenvalue weighted by Crippen LogP contribution is -2.19. The van der Waals surface area contributed by atoms with Crippen LogP contribution < -0.4 is 0 Å². The Labute approximate surface area is 125 Å². The molecule has 0 saturated heterocycles. The van der Waals surface area contributed by atoms with Gasteiger partial charge in [-0.25, -0.2) is 4.98 Å². The normalized spacial score (nSPS) is 30.2. The molecule has 2 aliphatic rings. The van der Waals surface area contributed by atoms with Crippen LogP contribution in [-0.4, -0.2) is 9.55 Å². The maximum atomic E-state index is 6.36. The Morgan fingerprint density at radius 2 is 2.15 bits per heavy atom.